The third-order valence-corrected chi connectivity index (χ3v) is 4.66. The Morgan fingerprint density at radius 1 is 0.833 bits per heavy atom. The molecule has 1 aliphatic rings. The summed E-state index contributed by atoms with van der Waals surface area (Å²) in [7, 11) is 2.20. The maximum Gasteiger partial charge on any atom is 0.119 e. The van der Waals surface area contributed by atoms with Gasteiger partial charge in [-0.15, -0.1) is 0 Å². The molecule has 0 amide bonds. The van der Waals surface area contributed by atoms with Gasteiger partial charge >= 0.3 is 0 Å². The molecule has 0 radical (unpaired) electrons. The first-order chi connectivity index (χ1) is 11.8. The van der Waals surface area contributed by atoms with Crippen molar-refractivity contribution in [3.63, 3.8) is 0 Å². The van der Waals surface area contributed by atoms with E-state index in [1.165, 1.54) is 37.3 Å². The highest BCUT2D eigenvalue weighted by atomic mass is 16.5. The van der Waals surface area contributed by atoms with Gasteiger partial charge in [0.25, 0.3) is 0 Å². The molecule has 0 spiro atoms. The number of hydrogen-bond acceptors (Lipinski definition) is 3. The van der Waals surface area contributed by atoms with Gasteiger partial charge in [-0.2, -0.15) is 0 Å². The number of likely N-dealkylation sites (N-methyl/N-ethyl adjacent to an activating group) is 1. The molecule has 1 saturated heterocycles. The summed E-state index contributed by atoms with van der Waals surface area (Å²) in [6, 6.07) is 19.1. The van der Waals surface area contributed by atoms with Crippen LogP contribution in [-0.2, 0) is 6.42 Å². The Morgan fingerprint density at radius 3 is 2.21 bits per heavy atom. The Morgan fingerprint density at radius 2 is 1.50 bits per heavy atom. The van der Waals surface area contributed by atoms with Crippen molar-refractivity contribution in [2.24, 2.45) is 0 Å². The van der Waals surface area contributed by atoms with E-state index in [1.807, 2.05) is 0 Å². The van der Waals surface area contributed by atoms with Crippen LogP contribution in [0.5, 0.6) is 5.75 Å². The van der Waals surface area contributed by atoms with Crippen molar-refractivity contribution < 1.29 is 4.74 Å². The van der Waals surface area contributed by atoms with E-state index >= 15 is 0 Å². The quantitative estimate of drug-likeness (QED) is 0.727. The van der Waals surface area contributed by atoms with Crippen molar-refractivity contribution in [1.82, 2.24) is 9.80 Å². The van der Waals surface area contributed by atoms with E-state index in [0.717, 1.165) is 31.7 Å². The summed E-state index contributed by atoms with van der Waals surface area (Å²) < 4.78 is 5.89. The van der Waals surface area contributed by atoms with E-state index in [0.29, 0.717) is 0 Å². The number of benzene rings is 2. The first-order valence-corrected chi connectivity index (χ1v) is 8.96. The largest absolute Gasteiger partial charge is 0.494 e. The van der Waals surface area contributed by atoms with Crippen LogP contribution in [0.4, 0.5) is 0 Å². The first-order valence-electron chi connectivity index (χ1n) is 8.96. The van der Waals surface area contributed by atoms with Gasteiger partial charge in [0.1, 0.15) is 5.75 Å². The summed E-state index contributed by atoms with van der Waals surface area (Å²) in [5.41, 5.74) is 2.67. The molecule has 1 heterocycles. The number of piperazine rings is 1. The average molecular weight is 324 g/mol. The van der Waals surface area contributed by atoms with Crippen LogP contribution in [0.15, 0.2) is 54.6 Å². The Bertz CT molecular complexity index is 589. The normalized spacial score (nSPS) is 16.2. The van der Waals surface area contributed by atoms with Gasteiger partial charge in [0, 0.05) is 32.7 Å². The summed E-state index contributed by atoms with van der Waals surface area (Å²) in [6.45, 7) is 6.67. The van der Waals surface area contributed by atoms with Crippen molar-refractivity contribution in [3.8, 4) is 5.75 Å². The fourth-order valence-electron chi connectivity index (χ4n) is 3.08. The molecule has 0 unspecified atom stereocenters. The van der Waals surface area contributed by atoms with E-state index in [2.05, 4.69) is 71.4 Å². The van der Waals surface area contributed by atoms with Crippen LogP contribution < -0.4 is 4.74 Å². The van der Waals surface area contributed by atoms with Crippen molar-refractivity contribution >= 4 is 0 Å². The third kappa shape index (κ3) is 5.36. The minimum Gasteiger partial charge on any atom is -0.494 e. The van der Waals surface area contributed by atoms with Gasteiger partial charge in [0.05, 0.1) is 6.61 Å². The maximum absolute atomic E-state index is 5.89. The third-order valence-electron chi connectivity index (χ3n) is 4.66. The summed E-state index contributed by atoms with van der Waals surface area (Å²) in [5.74, 6) is 0.977. The molecule has 0 atom stereocenters. The molecule has 3 nitrogen and oxygen atoms in total. The van der Waals surface area contributed by atoms with Gasteiger partial charge in [-0.25, -0.2) is 0 Å². The van der Waals surface area contributed by atoms with E-state index in [4.69, 9.17) is 4.74 Å². The van der Waals surface area contributed by atoms with E-state index in [1.54, 1.807) is 0 Å². The summed E-state index contributed by atoms with van der Waals surface area (Å²) in [5, 5.41) is 0. The molecule has 128 valence electrons. The Kier molecular flexibility index (Phi) is 6.27. The Hall–Kier alpha value is -1.84. The Balaban J connectivity index is 1.37. The zero-order valence-corrected chi connectivity index (χ0v) is 14.7. The summed E-state index contributed by atoms with van der Waals surface area (Å²) >= 11 is 0. The smallest absolute Gasteiger partial charge is 0.119 e. The second kappa shape index (κ2) is 8.86. The lowest BCUT2D eigenvalue weighted by molar-refractivity contribution is 0.145. The molecule has 3 heteroatoms. The van der Waals surface area contributed by atoms with E-state index < -0.39 is 0 Å². The summed E-state index contributed by atoms with van der Waals surface area (Å²) in [4.78, 5) is 4.93. The highest BCUT2D eigenvalue weighted by molar-refractivity contribution is 5.31. The maximum atomic E-state index is 5.89. The molecular weight excluding hydrogens is 296 g/mol. The molecule has 2 aromatic rings. The molecule has 1 fully saturated rings. The van der Waals surface area contributed by atoms with Crippen LogP contribution in [0.3, 0.4) is 0 Å². The van der Waals surface area contributed by atoms with E-state index in [-0.39, 0.29) is 0 Å². The summed E-state index contributed by atoms with van der Waals surface area (Å²) in [6.07, 6.45) is 2.07. The Labute approximate surface area is 145 Å². The van der Waals surface area contributed by atoms with Gasteiger partial charge in [-0.1, -0.05) is 42.5 Å². The number of ether oxygens (including phenoxy) is 1. The van der Waals surface area contributed by atoms with Crippen LogP contribution in [0.25, 0.3) is 0 Å². The zero-order chi connectivity index (χ0) is 16.6. The SMILES string of the molecule is CN1CCN(CCCOc2ccc(Cc3ccccc3)cc2)CC1. The van der Waals surface area contributed by atoms with Crippen molar-refractivity contribution in [1.29, 1.82) is 0 Å². The van der Waals surface area contributed by atoms with Crippen molar-refractivity contribution in [2.45, 2.75) is 12.8 Å². The molecule has 0 aliphatic carbocycles. The second-order valence-electron chi connectivity index (χ2n) is 6.65. The standard InChI is InChI=1S/C21H28N2O/c1-22-13-15-23(16-14-22)12-5-17-24-21-10-8-20(9-11-21)18-19-6-3-2-4-7-19/h2-4,6-11H,5,12-18H2,1H3. The molecule has 0 aromatic heterocycles. The number of nitrogens with zero attached hydrogens (tertiary/aromatic N) is 2. The van der Waals surface area contributed by atoms with Gasteiger partial charge in [-0.3, -0.25) is 0 Å². The van der Waals surface area contributed by atoms with Gasteiger partial charge in [0.2, 0.25) is 0 Å². The van der Waals surface area contributed by atoms with Gasteiger partial charge in [-0.05, 0) is 43.1 Å². The molecule has 24 heavy (non-hydrogen) atoms. The van der Waals surface area contributed by atoms with Crippen LogP contribution in [0, 0.1) is 0 Å². The molecular formula is C21H28N2O. The van der Waals surface area contributed by atoms with Gasteiger partial charge in [0.15, 0.2) is 0 Å². The minimum absolute atomic E-state index is 0.796. The predicted molar refractivity (Wildman–Crippen MR) is 99.7 cm³/mol. The molecule has 1 aliphatic heterocycles. The molecule has 0 saturated carbocycles. The lowest BCUT2D eigenvalue weighted by atomic mass is 10.1. The lowest BCUT2D eigenvalue weighted by Crippen LogP contribution is -2.44. The number of rotatable bonds is 7. The van der Waals surface area contributed by atoms with Crippen LogP contribution in [-0.4, -0.2) is 56.2 Å². The minimum atomic E-state index is 0.796. The monoisotopic (exact) mass is 324 g/mol. The zero-order valence-electron chi connectivity index (χ0n) is 14.7. The molecule has 3 rings (SSSR count). The molecule has 0 N–H and O–H groups in total. The first kappa shape index (κ1) is 17.0. The fourth-order valence-corrected chi connectivity index (χ4v) is 3.08. The fraction of sp³-hybridized carbons (Fsp3) is 0.429. The van der Waals surface area contributed by atoms with Crippen LogP contribution >= 0.6 is 0 Å². The van der Waals surface area contributed by atoms with E-state index in [9.17, 15) is 0 Å². The van der Waals surface area contributed by atoms with Crippen LogP contribution in [0.1, 0.15) is 17.5 Å². The lowest BCUT2D eigenvalue weighted by Gasteiger charge is -2.32. The predicted octanol–water partition coefficient (Wildman–Crippen LogP) is 3.29. The molecule has 2 aromatic carbocycles. The van der Waals surface area contributed by atoms with Crippen molar-refractivity contribution in [3.05, 3.63) is 65.7 Å². The highest BCUT2D eigenvalue weighted by Gasteiger charge is 2.12. The van der Waals surface area contributed by atoms with Crippen molar-refractivity contribution in [2.75, 3.05) is 46.4 Å². The molecule has 0 bridgehead atoms. The highest BCUT2D eigenvalue weighted by Crippen LogP contribution is 2.15. The number of hydrogen-bond donors (Lipinski definition) is 0. The topological polar surface area (TPSA) is 15.7 Å². The average Bonchev–Trinajstić information content (AvgIpc) is 2.62. The van der Waals surface area contributed by atoms with Crippen LogP contribution in [0.2, 0.25) is 0 Å². The van der Waals surface area contributed by atoms with Gasteiger partial charge < -0.3 is 14.5 Å². The second-order valence-corrected chi connectivity index (χ2v) is 6.65.